The highest BCUT2D eigenvalue weighted by atomic mass is 16.3. The average Bonchev–Trinajstić information content (AvgIpc) is 2.95. The fourth-order valence-corrected chi connectivity index (χ4v) is 2.17. The van der Waals surface area contributed by atoms with Crippen molar-refractivity contribution >= 4 is 40.4 Å². The quantitative estimate of drug-likeness (QED) is 0.721. The number of nitrogens with one attached hydrogen (secondary N) is 2. The second kappa shape index (κ2) is 6.78. The highest BCUT2D eigenvalue weighted by Gasteiger charge is 2.04. The zero-order valence-corrected chi connectivity index (χ0v) is 12.9. The highest BCUT2D eigenvalue weighted by molar-refractivity contribution is 6.02. The van der Waals surface area contributed by atoms with Gasteiger partial charge < -0.3 is 15.1 Å². The van der Waals surface area contributed by atoms with E-state index in [1.54, 1.807) is 24.3 Å². The summed E-state index contributed by atoms with van der Waals surface area (Å²) in [7, 11) is 0. The van der Waals surface area contributed by atoms with Gasteiger partial charge in [0, 0.05) is 30.5 Å². The molecule has 3 rings (SSSR count). The number of carbonyl (C=O) groups excluding carboxylic acids is 2. The Morgan fingerprint density at radius 1 is 1.04 bits per heavy atom. The van der Waals surface area contributed by atoms with E-state index in [1.807, 2.05) is 24.3 Å². The molecule has 120 valence electrons. The Morgan fingerprint density at radius 3 is 2.54 bits per heavy atom. The van der Waals surface area contributed by atoms with Crippen LogP contribution in [0.15, 0.2) is 59.0 Å². The van der Waals surface area contributed by atoms with Gasteiger partial charge in [-0.05, 0) is 30.3 Å². The highest BCUT2D eigenvalue weighted by Crippen LogP contribution is 2.17. The molecule has 1 heterocycles. The zero-order chi connectivity index (χ0) is 16.9. The largest absolute Gasteiger partial charge is 0.437 e. The Labute approximate surface area is 138 Å². The Balaban J connectivity index is 1.67. The van der Waals surface area contributed by atoms with Crippen molar-refractivity contribution in [2.75, 3.05) is 10.6 Å². The molecule has 2 aromatic carbocycles. The lowest BCUT2D eigenvalue weighted by Gasteiger charge is -2.05. The number of nitrogens with zero attached hydrogens (tertiary/aromatic N) is 1. The molecule has 0 spiro atoms. The number of aromatic nitrogens is 1. The number of para-hydroxylation sites is 2. The van der Waals surface area contributed by atoms with Gasteiger partial charge in [0.15, 0.2) is 5.58 Å². The van der Waals surface area contributed by atoms with Gasteiger partial charge in [-0.2, -0.15) is 0 Å². The maximum Gasteiger partial charge on any atom is 0.248 e. The summed E-state index contributed by atoms with van der Waals surface area (Å²) in [6.45, 7) is 1.42. The van der Waals surface area contributed by atoms with Crippen LogP contribution in [-0.4, -0.2) is 16.8 Å². The monoisotopic (exact) mass is 321 g/mol. The zero-order valence-electron chi connectivity index (χ0n) is 12.9. The molecular weight excluding hydrogens is 306 g/mol. The number of fused-ring (bicyclic) bond motifs is 1. The maximum absolute atomic E-state index is 12.0. The standard InChI is InChI=1S/C18H15N3O3/c1-12(22)19-13-5-4-6-14(11-13)20-17(23)9-10-18-21-15-7-2-3-8-16(15)24-18/h2-11H,1H3,(H,19,22)(H,20,23)/b10-9+. The Kier molecular flexibility index (Phi) is 4.38. The summed E-state index contributed by atoms with van der Waals surface area (Å²) < 4.78 is 5.51. The van der Waals surface area contributed by atoms with Gasteiger partial charge in [0.2, 0.25) is 17.7 Å². The molecule has 0 saturated heterocycles. The van der Waals surface area contributed by atoms with Gasteiger partial charge in [0.1, 0.15) is 5.52 Å². The lowest BCUT2D eigenvalue weighted by atomic mass is 10.2. The van der Waals surface area contributed by atoms with Gasteiger partial charge >= 0.3 is 0 Å². The number of oxazole rings is 1. The minimum Gasteiger partial charge on any atom is -0.437 e. The van der Waals surface area contributed by atoms with Gasteiger partial charge in [0.05, 0.1) is 0 Å². The summed E-state index contributed by atoms with van der Waals surface area (Å²) in [4.78, 5) is 27.3. The molecule has 0 saturated carbocycles. The molecule has 2 N–H and O–H groups in total. The van der Waals surface area contributed by atoms with Crippen molar-refractivity contribution in [1.82, 2.24) is 4.98 Å². The third-order valence-electron chi connectivity index (χ3n) is 3.14. The molecule has 2 amide bonds. The van der Waals surface area contributed by atoms with Crippen molar-refractivity contribution < 1.29 is 14.0 Å². The van der Waals surface area contributed by atoms with E-state index < -0.39 is 0 Å². The molecule has 0 aliphatic carbocycles. The van der Waals surface area contributed by atoms with Crippen LogP contribution >= 0.6 is 0 Å². The molecule has 6 heteroatoms. The van der Waals surface area contributed by atoms with E-state index in [-0.39, 0.29) is 11.8 Å². The second-order valence-electron chi connectivity index (χ2n) is 5.10. The van der Waals surface area contributed by atoms with Crippen LogP contribution in [0.2, 0.25) is 0 Å². The number of rotatable bonds is 4. The van der Waals surface area contributed by atoms with Crippen molar-refractivity contribution in [2.45, 2.75) is 6.92 Å². The summed E-state index contributed by atoms with van der Waals surface area (Å²) in [6, 6.07) is 14.3. The Bertz CT molecular complexity index is 895. The third kappa shape index (κ3) is 3.86. The van der Waals surface area contributed by atoms with Crippen LogP contribution in [0, 0.1) is 0 Å². The van der Waals surface area contributed by atoms with Crippen molar-refractivity contribution in [2.24, 2.45) is 0 Å². The molecular formula is C18H15N3O3. The second-order valence-corrected chi connectivity index (χ2v) is 5.10. The number of anilines is 2. The Morgan fingerprint density at radius 2 is 1.79 bits per heavy atom. The van der Waals surface area contributed by atoms with Crippen LogP contribution < -0.4 is 10.6 Å². The Hall–Kier alpha value is -3.41. The van der Waals surface area contributed by atoms with E-state index in [9.17, 15) is 9.59 Å². The average molecular weight is 321 g/mol. The SMILES string of the molecule is CC(=O)Nc1cccc(NC(=O)/C=C/c2nc3ccccc3o2)c1. The minimum absolute atomic E-state index is 0.172. The van der Waals surface area contributed by atoms with Crippen LogP contribution in [0.5, 0.6) is 0 Å². The molecule has 0 aliphatic rings. The maximum atomic E-state index is 12.0. The smallest absolute Gasteiger partial charge is 0.248 e. The number of hydrogen-bond donors (Lipinski definition) is 2. The number of amides is 2. The molecule has 1 aromatic heterocycles. The van der Waals surface area contributed by atoms with Crippen LogP contribution in [0.4, 0.5) is 11.4 Å². The van der Waals surface area contributed by atoms with Crippen molar-refractivity contribution in [3.05, 3.63) is 60.5 Å². The normalized spacial score (nSPS) is 10.9. The molecule has 6 nitrogen and oxygen atoms in total. The van der Waals surface area contributed by atoms with Crippen molar-refractivity contribution in [3.8, 4) is 0 Å². The van der Waals surface area contributed by atoms with Crippen molar-refractivity contribution in [1.29, 1.82) is 0 Å². The van der Waals surface area contributed by atoms with Crippen LogP contribution in [0.25, 0.3) is 17.2 Å². The first-order chi connectivity index (χ1) is 11.6. The van der Waals surface area contributed by atoms with E-state index in [2.05, 4.69) is 15.6 Å². The number of benzene rings is 2. The van der Waals surface area contributed by atoms with E-state index in [4.69, 9.17) is 4.42 Å². The predicted molar refractivity (Wildman–Crippen MR) is 92.4 cm³/mol. The van der Waals surface area contributed by atoms with Gasteiger partial charge in [-0.1, -0.05) is 18.2 Å². The van der Waals surface area contributed by atoms with Gasteiger partial charge in [-0.3, -0.25) is 9.59 Å². The lowest BCUT2D eigenvalue weighted by molar-refractivity contribution is -0.114. The molecule has 0 bridgehead atoms. The van der Waals surface area contributed by atoms with Crippen LogP contribution in [-0.2, 0) is 9.59 Å². The molecule has 0 atom stereocenters. The third-order valence-corrected chi connectivity index (χ3v) is 3.14. The molecule has 0 aliphatic heterocycles. The number of hydrogen-bond acceptors (Lipinski definition) is 4. The fourth-order valence-electron chi connectivity index (χ4n) is 2.17. The van der Waals surface area contributed by atoms with Gasteiger partial charge in [-0.25, -0.2) is 4.98 Å². The number of carbonyl (C=O) groups is 2. The van der Waals surface area contributed by atoms with Crippen LogP contribution in [0.3, 0.4) is 0 Å². The molecule has 0 fully saturated rings. The van der Waals surface area contributed by atoms with E-state index in [1.165, 1.54) is 19.1 Å². The van der Waals surface area contributed by atoms with Crippen molar-refractivity contribution in [3.63, 3.8) is 0 Å². The first-order valence-corrected chi connectivity index (χ1v) is 7.32. The predicted octanol–water partition coefficient (Wildman–Crippen LogP) is 3.44. The fraction of sp³-hybridized carbons (Fsp3) is 0.0556. The summed E-state index contributed by atoms with van der Waals surface area (Å²) in [5.74, 6) is -0.134. The van der Waals surface area contributed by atoms with E-state index >= 15 is 0 Å². The summed E-state index contributed by atoms with van der Waals surface area (Å²) in [6.07, 6.45) is 2.85. The summed E-state index contributed by atoms with van der Waals surface area (Å²) in [5, 5.41) is 5.37. The molecule has 0 unspecified atom stereocenters. The first kappa shape index (κ1) is 15.5. The molecule has 0 radical (unpaired) electrons. The lowest BCUT2D eigenvalue weighted by Crippen LogP contribution is -2.09. The van der Waals surface area contributed by atoms with Gasteiger partial charge in [0.25, 0.3) is 0 Å². The van der Waals surface area contributed by atoms with Gasteiger partial charge in [-0.15, -0.1) is 0 Å². The first-order valence-electron chi connectivity index (χ1n) is 7.32. The summed E-state index contributed by atoms with van der Waals surface area (Å²) in [5.41, 5.74) is 2.60. The van der Waals surface area contributed by atoms with Crippen LogP contribution in [0.1, 0.15) is 12.8 Å². The van der Waals surface area contributed by atoms with E-state index in [0.717, 1.165) is 5.52 Å². The topological polar surface area (TPSA) is 84.2 Å². The minimum atomic E-state index is -0.322. The molecule has 24 heavy (non-hydrogen) atoms. The summed E-state index contributed by atoms with van der Waals surface area (Å²) >= 11 is 0. The molecule has 3 aromatic rings. The van der Waals surface area contributed by atoms with E-state index in [0.29, 0.717) is 22.8 Å².